The number of nitrogens with zero attached hydrogens (tertiary/aromatic N) is 2. The Hall–Kier alpha value is -3.05. The zero-order valence-electron chi connectivity index (χ0n) is 14.3. The number of nitrogen functional groups attached to an aromatic ring is 1. The molecule has 2 aromatic carbocycles. The first-order valence-corrected chi connectivity index (χ1v) is 8.31. The van der Waals surface area contributed by atoms with E-state index in [-0.39, 0.29) is 5.95 Å². The number of nitrogens with two attached hydrogens (primary N) is 1. The summed E-state index contributed by atoms with van der Waals surface area (Å²) in [6, 6.07) is 14.9. The molecule has 0 saturated carbocycles. The van der Waals surface area contributed by atoms with Gasteiger partial charge in [0.1, 0.15) is 6.61 Å². The Labute approximate surface area is 157 Å². The van der Waals surface area contributed by atoms with Crippen LogP contribution in [-0.4, -0.2) is 23.7 Å². The minimum Gasteiger partial charge on any atom is -0.493 e. The molecule has 0 radical (unpaired) electrons. The van der Waals surface area contributed by atoms with Gasteiger partial charge in [-0.2, -0.15) is 0 Å². The van der Waals surface area contributed by atoms with Crippen molar-refractivity contribution in [1.82, 2.24) is 9.97 Å². The molecule has 5 nitrogen and oxygen atoms in total. The molecule has 132 valence electrons. The van der Waals surface area contributed by atoms with Crippen molar-refractivity contribution in [3.05, 3.63) is 66.2 Å². The van der Waals surface area contributed by atoms with Gasteiger partial charge in [-0.15, -0.1) is 0 Å². The summed E-state index contributed by atoms with van der Waals surface area (Å²) in [5.41, 5.74) is 9.07. The average Bonchev–Trinajstić information content (AvgIpc) is 2.66. The summed E-state index contributed by atoms with van der Waals surface area (Å²) < 4.78 is 11.0. The van der Waals surface area contributed by atoms with Gasteiger partial charge in [0.15, 0.2) is 11.5 Å². The zero-order valence-corrected chi connectivity index (χ0v) is 15.0. The van der Waals surface area contributed by atoms with Gasteiger partial charge in [0.25, 0.3) is 0 Å². The van der Waals surface area contributed by atoms with E-state index >= 15 is 0 Å². The van der Waals surface area contributed by atoms with E-state index in [2.05, 4.69) is 16.5 Å². The van der Waals surface area contributed by atoms with Crippen molar-refractivity contribution in [3.8, 4) is 34.0 Å². The van der Waals surface area contributed by atoms with Crippen molar-refractivity contribution >= 4 is 17.5 Å². The molecule has 3 rings (SSSR count). The normalized spacial score (nSPS) is 10.4. The molecule has 0 aliphatic rings. The minimum absolute atomic E-state index is 0.193. The van der Waals surface area contributed by atoms with Gasteiger partial charge in [-0.25, -0.2) is 9.97 Å². The highest BCUT2D eigenvalue weighted by molar-refractivity contribution is 6.30. The second-order valence-corrected chi connectivity index (χ2v) is 5.91. The van der Waals surface area contributed by atoms with Gasteiger partial charge >= 0.3 is 0 Å². The number of aromatic nitrogens is 2. The molecule has 0 saturated heterocycles. The molecule has 0 fully saturated rings. The lowest BCUT2D eigenvalue weighted by atomic mass is 10.1. The lowest BCUT2D eigenvalue weighted by Crippen LogP contribution is -2.00. The van der Waals surface area contributed by atoms with Gasteiger partial charge in [0.2, 0.25) is 5.95 Å². The smallest absolute Gasteiger partial charge is 0.221 e. The van der Waals surface area contributed by atoms with Crippen molar-refractivity contribution in [2.24, 2.45) is 0 Å². The van der Waals surface area contributed by atoms with Crippen molar-refractivity contribution in [3.63, 3.8) is 0 Å². The maximum atomic E-state index is 5.95. The number of benzene rings is 2. The van der Waals surface area contributed by atoms with Crippen molar-refractivity contribution in [1.29, 1.82) is 0 Å². The highest BCUT2D eigenvalue weighted by Crippen LogP contribution is 2.33. The Morgan fingerprint density at radius 3 is 2.31 bits per heavy atom. The molecule has 1 aromatic heterocycles. The molecule has 0 atom stereocenters. The second-order valence-electron chi connectivity index (χ2n) is 5.47. The molecule has 0 amide bonds. The maximum absolute atomic E-state index is 5.95. The summed E-state index contributed by atoms with van der Waals surface area (Å²) in [7, 11) is 1.59. The fourth-order valence-electron chi connectivity index (χ4n) is 2.48. The number of ether oxygens (including phenoxy) is 2. The molecule has 1 heterocycles. The van der Waals surface area contributed by atoms with Crippen molar-refractivity contribution in [2.45, 2.75) is 0 Å². The molecule has 0 spiro atoms. The van der Waals surface area contributed by atoms with Crippen LogP contribution in [0.1, 0.15) is 0 Å². The van der Waals surface area contributed by atoms with Crippen LogP contribution < -0.4 is 15.2 Å². The summed E-state index contributed by atoms with van der Waals surface area (Å²) in [5, 5.41) is 0.663. The predicted molar refractivity (Wildman–Crippen MR) is 105 cm³/mol. The van der Waals surface area contributed by atoms with E-state index in [1.807, 2.05) is 48.5 Å². The third-order valence-electron chi connectivity index (χ3n) is 3.70. The first-order valence-electron chi connectivity index (χ1n) is 7.93. The molecular formula is C20H18ClN3O2. The number of methoxy groups -OCH3 is 1. The highest BCUT2D eigenvalue weighted by atomic mass is 35.5. The Bertz CT molecular complexity index is 927. The number of hydrogen-bond donors (Lipinski definition) is 1. The quantitative estimate of drug-likeness (QED) is 0.644. The number of rotatable bonds is 6. The van der Waals surface area contributed by atoms with Crippen molar-refractivity contribution < 1.29 is 9.47 Å². The van der Waals surface area contributed by atoms with Gasteiger partial charge in [-0.3, -0.25) is 0 Å². The van der Waals surface area contributed by atoms with E-state index in [1.165, 1.54) is 0 Å². The Kier molecular flexibility index (Phi) is 5.39. The zero-order chi connectivity index (χ0) is 18.5. The van der Waals surface area contributed by atoms with E-state index in [4.69, 9.17) is 26.8 Å². The van der Waals surface area contributed by atoms with Gasteiger partial charge in [0.05, 0.1) is 18.5 Å². The summed E-state index contributed by atoms with van der Waals surface area (Å²) in [6.45, 7) is 4.04. The fraction of sp³-hybridized carbons (Fsp3) is 0.100. The van der Waals surface area contributed by atoms with Gasteiger partial charge < -0.3 is 15.2 Å². The predicted octanol–water partition coefficient (Wildman–Crippen LogP) is 4.62. The Balaban J connectivity index is 2.01. The van der Waals surface area contributed by atoms with E-state index < -0.39 is 0 Å². The number of hydrogen-bond acceptors (Lipinski definition) is 5. The molecule has 0 bridgehead atoms. The summed E-state index contributed by atoms with van der Waals surface area (Å²) >= 11 is 5.95. The third kappa shape index (κ3) is 3.95. The summed E-state index contributed by atoms with van der Waals surface area (Å²) in [5.74, 6) is 1.43. The molecule has 2 N–H and O–H groups in total. The van der Waals surface area contributed by atoms with Crippen LogP contribution in [0.5, 0.6) is 11.5 Å². The molecule has 0 aliphatic carbocycles. The van der Waals surface area contributed by atoms with Gasteiger partial charge in [0, 0.05) is 16.1 Å². The third-order valence-corrected chi connectivity index (χ3v) is 3.95. The maximum Gasteiger partial charge on any atom is 0.221 e. The van der Waals surface area contributed by atoms with Crippen LogP contribution in [0.4, 0.5) is 5.95 Å². The van der Waals surface area contributed by atoms with E-state index in [0.717, 1.165) is 16.8 Å². The molecular weight excluding hydrogens is 350 g/mol. The standard InChI is InChI=1S/C20H18ClN3O2/c1-3-10-26-18-9-6-14(11-19(18)25-2)17-12-16(23-20(22)24-17)13-4-7-15(21)8-5-13/h3-9,11-12H,1,10H2,2H3,(H2,22,23,24). The Morgan fingerprint density at radius 1 is 1.00 bits per heavy atom. The molecule has 0 unspecified atom stereocenters. The minimum atomic E-state index is 0.193. The number of anilines is 1. The van der Waals surface area contributed by atoms with Crippen LogP contribution in [0.15, 0.2) is 61.2 Å². The fourth-order valence-corrected chi connectivity index (χ4v) is 2.60. The van der Waals surface area contributed by atoms with Crippen LogP contribution in [0, 0.1) is 0 Å². The van der Waals surface area contributed by atoms with Crippen LogP contribution in [0.3, 0.4) is 0 Å². The van der Waals surface area contributed by atoms with E-state index in [0.29, 0.717) is 28.8 Å². The monoisotopic (exact) mass is 367 g/mol. The lowest BCUT2D eigenvalue weighted by Gasteiger charge is -2.12. The van der Waals surface area contributed by atoms with Crippen LogP contribution in [0.2, 0.25) is 5.02 Å². The number of halogens is 1. The average molecular weight is 368 g/mol. The molecule has 3 aromatic rings. The van der Waals surface area contributed by atoms with Crippen LogP contribution in [0.25, 0.3) is 22.5 Å². The van der Waals surface area contributed by atoms with Crippen molar-refractivity contribution in [2.75, 3.05) is 19.5 Å². The van der Waals surface area contributed by atoms with Gasteiger partial charge in [-0.05, 0) is 36.4 Å². The summed E-state index contributed by atoms with van der Waals surface area (Å²) in [4.78, 5) is 8.66. The van der Waals surface area contributed by atoms with Crippen LogP contribution in [-0.2, 0) is 0 Å². The topological polar surface area (TPSA) is 70.3 Å². The molecule has 0 aliphatic heterocycles. The lowest BCUT2D eigenvalue weighted by molar-refractivity contribution is 0.326. The van der Waals surface area contributed by atoms with E-state index in [9.17, 15) is 0 Å². The molecule has 6 heteroatoms. The second kappa shape index (κ2) is 7.89. The van der Waals surface area contributed by atoms with E-state index in [1.54, 1.807) is 13.2 Å². The van der Waals surface area contributed by atoms with Gasteiger partial charge in [-0.1, -0.05) is 36.4 Å². The highest BCUT2D eigenvalue weighted by Gasteiger charge is 2.11. The largest absolute Gasteiger partial charge is 0.493 e. The molecule has 26 heavy (non-hydrogen) atoms. The first kappa shape index (κ1) is 17.8. The SMILES string of the molecule is C=CCOc1ccc(-c2cc(-c3ccc(Cl)cc3)nc(N)n2)cc1OC. The Morgan fingerprint density at radius 2 is 1.65 bits per heavy atom. The van der Waals surface area contributed by atoms with Crippen LogP contribution >= 0.6 is 11.6 Å². The summed E-state index contributed by atoms with van der Waals surface area (Å²) in [6.07, 6.45) is 1.68. The first-order chi connectivity index (χ1) is 12.6.